The van der Waals surface area contributed by atoms with Crippen molar-refractivity contribution in [2.45, 2.75) is 12.2 Å². The Labute approximate surface area is 83.3 Å². The predicted octanol–water partition coefficient (Wildman–Crippen LogP) is 1.34. The first kappa shape index (κ1) is 11.0. The van der Waals surface area contributed by atoms with Gasteiger partial charge in [-0.25, -0.2) is 0 Å². The van der Waals surface area contributed by atoms with Gasteiger partial charge in [-0.05, 0) is 19.1 Å². The molecule has 14 heavy (non-hydrogen) atoms. The fourth-order valence-corrected chi connectivity index (χ4v) is 1.06. The molecule has 0 saturated carbocycles. The third-order valence-corrected chi connectivity index (χ3v) is 2.89. The fourth-order valence-electron chi connectivity index (χ4n) is 0.816. The minimum Gasteiger partial charge on any atom is -0.492 e. The Morgan fingerprint density at radius 1 is 1.36 bits per heavy atom. The van der Waals surface area contributed by atoms with Crippen molar-refractivity contribution in [3.8, 4) is 5.75 Å². The molecule has 0 fully saturated rings. The summed E-state index contributed by atoms with van der Waals surface area (Å²) in [7, 11) is -4.00. The lowest BCUT2D eigenvalue weighted by molar-refractivity contribution is 0.310. The maximum Gasteiger partial charge on any atom is 0.270 e. The number of rotatable bonds is 4. The molecule has 0 aliphatic carbocycles. The Morgan fingerprint density at radius 3 is 2.43 bits per heavy atom. The van der Waals surface area contributed by atoms with Gasteiger partial charge in [-0.3, -0.25) is 4.55 Å². The van der Waals surface area contributed by atoms with Crippen molar-refractivity contribution in [1.82, 2.24) is 0 Å². The summed E-state index contributed by atoms with van der Waals surface area (Å²) in [6.45, 7) is 1.33. The van der Waals surface area contributed by atoms with E-state index in [0.29, 0.717) is 5.75 Å². The molecule has 0 radical (unpaired) electrons. The standard InChI is InChI=1S/C9H12O4S/c1-8(14(10,11)12)7-13-9-5-3-2-4-6-9/h2-6,8H,7H2,1H3,(H,10,11,12). The zero-order chi connectivity index (χ0) is 10.6. The Balaban J connectivity index is 2.50. The molecule has 0 heterocycles. The lowest BCUT2D eigenvalue weighted by atomic mass is 10.3. The van der Waals surface area contributed by atoms with Crippen LogP contribution in [0.3, 0.4) is 0 Å². The minimum atomic E-state index is -4.00. The van der Waals surface area contributed by atoms with Gasteiger partial charge in [-0.2, -0.15) is 8.42 Å². The van der Waals surface area contributed by atoms with Gasteiger partial charge < -0.3 is 4.74 Å². The van der Waals surface area contributed by atoms with Gasteiger partial charge >= 0.3 is 0 Å². The monoisotopic (exact) mass is 216 g/mol. The summed E-state index contributed by atoms with van der Waals surface area (Å²) >= 11 is 0. The molecule has 0 bridgehead atoms. The van der Waals surface area contributed by atoms with Gasteiger partial charge in [0, 0.05) is 0 Å². The van der Waals surface area contributed by atoms with E-state index in [1.165, 1.54) is 6.92 Å². The lowest BCUT2D eigenvalue weighted by Gasteiger charge is -2.09. The third kappa shape index (κ3) is 3.35. The zero-order valence-electron chi connectivity index (χ0n) is 7.75. The molecule has 5 heteroatoms. The van der Waals surface area contributed by atoms with E-state index in [1.807, 2.05) is 6.07 Å². The normalized spacial score (nSPS) is 13.6. The van der Waals surface area contributed by atoms with Crippen molar-refractivity contribution in [1.29, 1.82) is 0 Å². The van der Waals surface area contributed by atoms with Gasteiger partial charge in [0.1, 0.15) is 17.6 Å². The highest BCUT2D eigenvalue weighted by Gasteiger charge is 2.17. The molecule has 1 atom stereocenters. The second-order valence-electron chi connectivity index (χ2n) is 2.95. The highest BCUT2D eigenvalue weighted by molar-refractivity contribution is 7.86. The van der Waals surface area contributed by atoms with Crippen LogP contribution in [0.5, 0.6) is 5.75 Å². The maximum atomic E-state index is 10.6. The van der Waals surface area contributed by atoms with Gasteiger partial charge in [-0.15, -0.1) is 0 Å². The molecule has 0 aromatic heterocycles. The summed E-state index contributed by atoms with van der Waals surface area (Å²) in [5.41, 5.74) is 0. The van der Waals surface area contributed by atoms with E-state index in [2.05, 4.69) is 0 Å². The highest BCUT2D eigenvalue weighted by atomic mass is 32.2. The first-order valence-corrected chi connectivity index (χ1v) is 5.64. The van der Waals surface area contributed by atoms with Crippen molar-refractivity contribution in [2.24, 2.45) is 0 Å². The smallest absolute Gasteiger partial charge is 0.270 e. The van der Waals surface area contributed by atoms with Crippen LogP contribution < -0.4 is 4.74 Å². The molecule has 1 aromatic carbocycles. The zero-order valence-corrected chi connectivity index (χ0v) is 8.57. The Hall–Kier alpha value is -1.07. The van der Waals surface area contributed by atoms with Gasteiger partial charge in [0.2, 0.25) is 0 Å². The molecular weight excluding hydrogens is 204 g/mol. The maximum absolute atomic E-state index is 10.6. The third-order valence-electron chi connectivity index (χ3n) is 1.74. The van der Waals surface area contributed by atoms with Crippen molar-refractivity contribution in [3.05, 3.63) is 30.3 Å². The van der Waals surface area contributed by atoms with Crippen molar-refractivity contribution < 1.29 is 17.7 Å². The minimum absolute atomic E-state index is 0.0527. The van der Waals surface area contributed by atoms with E-state index in [4.69, 9.17) is 9.29 Å². The highest BCUT2D eigenvalue weighted by Crippen LogP contribution is 2.09. The van der Waals surface area contributed by atoms with Gasteiger partial charge in [0.25, 0.3) is 10.1 Å². The van der Waals surface area contributed by atoms with Crippen LogP contribution in [-0.4, -0.2) is 24.8 Å². The average Bonchev–Trinajstić information content (AvgIpc) is 2.14. The number of hydrogen-bond donors (Lipinski definition) is 1. The van der Waals surface area contributed by atoms with Crippen LogP contribution in [0.2, 0.25) is 0 Å². The van der Waals surface area contributed by atoms with E-state index in [9.17, 15) is 8.42 Å². The summed E-state index contributed by atoms with van der Waals surface area (Å²) in [6, 6.07) is 8.84. The van der Waals surface area contributed by atoms with Crippen molar-refractivity contribution in [3.63, 3.8) is 0 Å². The summed E-state index contributed by atoms with van der Waals surface area (Å²) < 4.78 is 35.1. The topological polar surface area (TPSA) is 63.6 Å². The van der Waals surface area contributed by atoms with Crippen LogP contribution in [-0.2, 0) is 10.1 Å². The molecule has 1 N–H and O–H groups in total. The summed E-state index contributed by atoms with van der Waals surface area (Å²) in [5, 5.41) is -0.914. The molecule has 0 aliphatic rings. The number of hydrogen-bond acceptors (Lipinski definition) is 3. The molecule has 4 nitrogen and oxygen atoms in total. The van der Waals surface area contributed by atoms with Crippen molar-refractivity contribution >= 4 is 10.1 Å². The average molecular weight is 216 g/mol. The van der Waals surface area contributed by atoms with Crippen molar-refractivity contribution in [2.75, 3.05) is 6.61 Å². The predicted molar refractivity (Wildman–Crippen MR) is 52.9 cm³/mol. The molecule has 0 aliphatic heterocycles. The fraction of sp³-hybridized carbons (Fsp3) is 0.333. The quantitative estimate of drug-likeness (QED) is 0.771. The number of ether oxygens (including phenoxy) is 1. The Kier molecular flexibility index (Phi) is 3.49. The molecule has 1 unspecified atom stereocenters. The van der Waals surface area contributed by atoms with Gasteiger partial charge in [-0.1, -0.05) is 18.2 Å². The second-order valence-corrected chi connectivity index (χ2v) is 4.78. The first-order chi connectivity index (χ1) is 6.50. The Morgan fingerprint density at radius 2 is 1.93 bits per heavy atom. The molecule has 0 amide bonds. The molecule has 1 aromatic rings. The van der Waals surface area contributed by atoms with Crippen LogP contribution in [0.15, 0.2) is 30.3 Å². The molecular formula is C9H12O4S. The van der Waals surface area contributed by atoms with Crippen LogP contribution in [0.25, 0.3) is 0 Å². The van der Waals surface area contributed by atoms with E-state index in [1.54, 1.807) is 24.3 Å². The molecule has 78 valence electrons. The summed E-state index contributed by atoms with van der Waals surface area (Å²) in [5.74, 6) is 0.586. The van der Waals surface area contributed by atoms with Gasteiger partial charge in [0.05, 0.1) is 0 Å². The molecule has 0 spiro atoms. The van der Waals surface area contributed by atoms with Gasteiger partial charge in [0.15, 0.2) is 0 Å². The largest absolute Gasteiger partial charge is 0.492 e. The summed E-state index contributed by atoms with van der Waals surface area (Å²) in [6.07, 6.45) is 0. The van der Waals surface area contributed by atoms with Crippen LogP contribution in [0, 0.1) is 0 Å². The van der Waals surface area contributed by atoms with E-state index in [0.717, 1.165) is 0 Å². The molecule has 1 rings (SSSR count). The van der Waals surface area contributed by atoms with E-state index < -0.39 is 15.4 Å². The van der Waals surface area contributed by atoms with Crippen LogP contribution in [0.4, 0.5) is 0 Å². The van der Waals surface area contributed by atoms with Crippen LogP contribution in [0.1, 0.15) is 6.92 Å². The number of para-hydroxylation sites is 1. The van der Waals surface area contributed by atoms with E-state index >= 15 is 0 Å². The lowest BCUT2D eigenvalue weighted by Crippen LogP contribution is -2.24. The summed E-state index contributed by atoms with van der Waals surface area (Å²) in [4.78, 5) is 0. The van der Waals surface area contributed by atoms with Crippen LogP contribution >= 0.6 is 0 Å². The first-order valence-electron chi connectivity index (χ1n) is 4.14. The second kappa shape index (κ2) is 4.43. The SMILES string of the molecule is CC(COc1ccccc1)S(=O)(=O)O. The van der Waals surface area contributed by atoms with E-state index in [-0.39, 0.29) is 6.61 Å². The molecule has 0 saturated heterocycles. The number of benzene rings is 1. The Bertz CT molecular complexity index is 371.